The number of nitrogens with zero attached hydrogens (tertiary/aromatic N) is 1. The minimum absolute atomic E-state index is 0.307. The summed E-state index contributed by atoms with van der Waals surface area (Å²) < 4.78 is 5.71. The minimum Gasteiger partial charge on any atom is -0.396 e. The third-order valence-electron chi connectivity index (χ3n) is 4.79. The molecule has 1 saturated heterocycles. The van der Waals surface area contributed by atoms with Crippen molar-refractivity contribution in [3.05, 3.63) is 0 Å². The first-order valence-corrected chi connectivity index (χ1v) is 8.51. The Morgan fingerprint density at radius 3 is 2.80 bits per heavy atom. The number of ether oxygens (including phenoxy) is 1. The third-order valence-corrected chi connectivity index (χ3v) is 4.79. The van der Waals surface area contributed by atoms with Crippen molar-refractivity contribution in [2.24, 2.45) is 5.92 Å². The van der Waals surface area contributed by atoms with E-state index in [9.17, 15) is 0 Å². The van der Waals surface area contributed by atoms with Crippen LogP contribution in [0.3, 0.4) is 0 Å². The first-order chi connectivity index (χ1) is 9.85. The molecule has 1 aliphatic carbocycles. The molecule has 20 heavy (non-hydrogen) atoms. The van der Waals surface area contributed by atoms with Gasteiger partial charge in [-0.3, -0.25) is 4.90 Å². The van der Waals surface area contributed by atoms with Gasteiger partial charge in [0.1, 0.15) is 0 Å². The Kier molecular flexibility index (Phi) is 7.28. The zero-order valence-electron chi connectivity index (χ0n) is 13.0. The van der Waals surface area contributed by atoms with Gasteiger partial charge in [-0.05, 0) is 38.6 Å². The van der Waals surface area contributed by atoms with Crippen LogP contribution in [-0.4, -0.2) is 61.5 Å². The van der Waals surface area contributed by atoms with E-state index in [0.29, 0.717) is 18.6 Å². The van der Waals surface area contributed by atoms with Gasteiger partial charge < -0.3 is 15.2 Å². The summed E-state index contributed by atoms with van der Waals surface area (Å²) in [6.45, 7) is 7.61. The lowest BCUT2D eigenvalue weighted by Gasteiger charge is -2.42. The van der Waals surface area contributed by atoms with Crippen molar-refractivity contribution in [2.75, 3.05) is 39.5 Å². The molecule has 2 atom stereocenters. The van der Waals surface area contributed by atoms with Crippen molar-refractivity contribution in [1.29, 1.82) is 0 Å². The number of aliphatic hydroxyl groups excluding tert-OH is 1. The standard InChI is InChI=1S/C16H32N2O2/c1-2-8-17-16-7-11-20-13-14(16)12-18(9-4-10-19)15-5-3-6-15/h14-17,19H,2-13H2,1H3. The minimum atomic E-state index is 0.307. The van der Waals surface area contributed by atoms with Crippen LogP contribution in [0, 0.1) is 5.92 Å². The quantitative estimate of drug-likeness (QED) is 0.675. The predicted octanol–water partition coefficient (Wildman–Crippen LogP) is 1.63. The Morgan fingerprint density at radius 1 is 1.30 bits per heavy atom. The van der Waals surface area contributed by atoms with Gasteiger partial charge in [-0.15, -0.1) is 0 Å². The number of hydrogen-bond donors (Lipinski definition) is 2. The highest BCUT2D eigenvalue weighted by atomic mass is 16.5. The normalized spacial score (nSPS) is 27.8. The van der Waals surface area contributed by atoms with E-state index in [0.717, 1.165) is 51.7 Å². The van der Waals surface area contributed by atoms with Crippen molar-refractivity contribution in [3.8, 4) is 0 Å². The summed E-state index contributed by atoms with van der Waals surface area (Å²) in [5, 5.41) is 12.8. The average molecular weight is 284 g/mol. The Morgan fingerprint density at radius 2 is 2.15 bits per heavy atom. The molecule has 0 aromatic heterocycles. The molecule has 0 aromatic carbocycles. The lowest BCUT2D eigenvalue weighted by Crippen LogP contribution is -2.51. The molecule has 1 heterocycles. The fourth-order valence-electron chi connectivity index (χ4n) is 3.33. The van der Waals surface area contributed by atoms with E-state index in [1.165, 1.54) is 25.7 Å². The lowest BCUT2D eigenvalue weighted by atomic mass is 9.88. The number of nitrogens with one attached hydrogen (secondary N) is 1. The Balaban J connectivity index is 1.84. The largest absolute Gasteiger partial charge is 0.396 e. The Bertz CT molecular complexity index is 259. The zero-order chi connectivity index (χ0) is 14.2. The van der Waals surface area contributed by atoms with E-state index < -0.39 is 0 Å². The maximum absolute atomic E-state index is 9.10. The third kappa shape index (κ3) is 4.69. The first kappa shape index (κ1) is 16.2. The summed E-state index contributed by atoms with van der Waals surface area (Å²) >= 11 is 0. The summed E-state index contributed by atoms with van der Waals surface area (Å²) in [6.07, 6.45) is 7.29. The molecule has 4 heteroatoms. The van der Waals surface area contributed by atoms with E-state index in [-0.39, 0.29) is 0 Å². The van der Waals surface area contributed by atoms with Crippen LogP contribution >= 0.6 is 0 Å². The van der Waals surface area contributed by atoms with Crippen LogP contribution in [0.25, 0.3) is 0 Å². The SMILES string of the molecule is CCCNC1CCOCC1CN(CCCO)C1CCC1. The van der Waals surface area contributed by atoms with Gasteiger partial charge >= 0.3 is 0 Å². The van der Waals surface area contributed by atoms with Crippen molar-refractivity contribution in [3.63, 3.8) is 0 Å². The highest BCUT2D eigenvalue weighted by molar-refractivity contribution is 4.86. The van der Waals surface area contributed by atoms with E-state index >= 15 is 0 Å². The molecular formula is C16H32N2O2. The molecule has 0 amide bonds. The summed E-state index contributed by atoms with van der Waals surface area (Å²) in [7, 11) is 0. The van der Waals surface area contributed by atoms with Crippen LogP contribution in [0.1, 0.15) is 45.4 Å². The molecule has 2 aliphatic rings. The molecule has 2 N–H and O–H groups in total. The number of hydrogen-bond acceptors (Lipinski definition) is 4. The fraction of sp³-hybridized carbons (Fsp3) is 1.00. The van der Waals surface area contributed by atoms with Gasteiger partial charge in [0, 0.05) is 44.3 Å². The average Bonchev–Trinajstić information content (AvgIpc) is 2.42. The molecule has 1 saturated carbocycles. The van der Waals surface area contributed by atoms with Crippen molar-refractivity contribution >= 4 is 0 Å². The van der Waals surface area contributed by atoms with Gasteiger partial charge in [-0.25, -0.2) is 0 Å². The summed E-state index contributed by atoms with van der Waals surface area (Å²) in [5.41, 5.74) is 0. The molecule has 2 rings (SSSR count). The molecule has 1 aliphatic heterocycles. The molecule has 0 radical (unpaired) electrons. The van der Waals surface area contributed by atoms with Gasteiger partial charge in [0.05, 0.1) is 6.61 Å². The van der Waals surface area contributed by atoms with Crippen LogP contribution in [-0.2, 0) is 4.74 Å². The Hall–Kier alpha value is -0.160. The topological polar surface area (TPSA) is 44.7 Å². The van der Waals surface area contributed by atoms with Gasteiger partial charge in [0.25, 0.3) is 0 Å². The maximum atomic E-state index is 9.10. The Labute approximate surface area is 123 Å². The van der Waals surface area contributed by atoms with E-state index in [4.69, 9.17) is 9.84 Å². The smallest absolute Gasteiger partial charge is 0.0521 e. The van der Waals surface area contributed by atoms with Crippen LogP contribution in [0.4, 0.5) is 0 Å². The molecule has 2 fully saturated rings. The molecule has 118 valence electrons. The maximum Gasteiger partial charge on any atom is 0.0521 e. The van der Waals surface area contributed by atoms with E-state index in [1.807, 2.05) is 0 Å². The van der Waals surface area contributed by atoms with Crippen molar-refractivity contribution < 1.29 is 9.84 Å². The van der Waals surface area contributed by atoms with Crippen LogP contribution in [0.5, 0.6) is 0 Å². The van der Waals surface area contributed by atoms with Crippen LogP contribution < -0.4 is 5.32 Å². The van der Waals surface area contributed by atoms with Gasteiger partial charge in [-0.2, -0.15) is 0 Å². The molecular weight excluding hydrogens is 252 g/mol. The van der Waals surface area contributed by atoms with Gasteiger partial charge in [-0.1, -0.05) is 13.3 Å². The molecule has 2 unspecified atom stereocenters. The highest BCUT2D eigenvalue weighted by Crippen LogP contribution is 2.27. The van der Waals surface area contributed by atoms with Crippen molar-refractivity contribution in [2.45, 2.75) is 57.5 Å². The summed E-state index contributed by atoms with van der Waals surface area (Å²) in [6, 6.07) is 1.37. The van der Waals surface area contributed by atoms with Crippen LogP contribution in [0.15, 0.2) is 0 Å². The van der Waals surface area contributed by atoms with Gasteiger partial charge in [0.2, 0.25) is 0 Å². The summed E-state index contributed by atoms with van der Waals surface area (Å²) in [5.74, 6) is 0.606. The second kappa shape index (κ2) is 8.98. The van der Waals surface area contributed by atoms with Crippen LogP contribution in [0.2, 0.25) is 0 Å². The lowest BCUT2D eigenvalue weighted by molar-refractivity contribution is 0.00106. The second-order valence-corrected chi connectivity index (χ2v) is 6.34. The highest BCUT2D eigenvalue weighted by Gasteiger charge is 2.31. The van der Waals surface area contributed by atoms with Crippen molar-refractivity contribution in [1.82, 2.24) is 10.2 Å². The van der Waals surface area contributed by atoms with Gasteiger partial charge in [0.15, 0.2) is 0 Å². The summed E-state index contributed by atoms with van der Waals surface area (Å²) in [4.78, 5) is 2.61. The molecule has 4 nitrogen and oxygen atoms in total. The van der Waals surface area contributed by atoms with E-state index in [1.54, 1.807) is 0 Å². The number of aliphatic hydroxyl groups is 1. The van der Waals surface area contributed by atoms with E-state index in [2.05, 4.69) is 17.1 Å². The molecule has 0 spiro atoms. The second-order valence-electron chi connectivity index (χ2n) is 6.34. The molecule has 0 aromatic rings. The predicted molar refractivity (Wildman–Crippen MR) is 81.9 cm³/mol. The first-order valence-electron chi connectivity index (χ1n) is 8.51. The molecule has 0 bridgehead atoms. The zero-order valence-corrected chi connectivity index (χ0v) is 13.0. The monoisotopic (exact) mass is 284 g/mol. The number of rotatable bonds is 9. The fourth-order valence-corrected chi connectivity index (χ4v) is 3.33.